The van der Waals surface area contributed by atoms with E-state index in [1.165, 1.54) is 11.9 Å². The molecule has 0 radical (unpaired) electrons. The molecule has 0 spiro atoms. The molecule has 1 aromatic rings. The third-order valence-electron chi connectivity index (χ3n) is 1.98. The van der Waals surface area contributed by atoms with E-state index in [0.717, 1.165) is 4.47 Å². The lowest BCUT2D eigenvalue weighted by Gasteiger charge is -2.16. The Bertz CT molecular complexity index is 434. The summed E-state index contributed by atoms with van der Waals surface area (Å²) in [6.07, 6.45) is 0. The molecule has 0 unspecified atom stereocenters. The summed E-state index contributed by atoms with van der Waals surface area (Å²) in [6, 6.07) is 4.94. The summed E-state index contributed by atoms with van der Waals surface area (Å²) < 4.78 is 0.791. The van der Waals surface area contributed by atoms with Crippen molar-refractivity contribution < 1.29 is 9.59 Å². The van der Waals surface area contributed by atoms with Crippen LogP contribution in [0.2, 0.25) is 0 Å². The lowest BCUT2D eigenvalue weighted by Crippen LogP contribution is -2.35. The molecule has 4 N–H and O–H groups in total. The van der Waals surface area contributed by atoms with Crippen LogP contribution in [0, 0.1) is 0 Å². The van der Waals surface area contributed by atoms with Gasteiger partial charge in [0.25, 0.3) is 5.91 Å². The number of hydrogen-bond donors (Lipinski definition) is 2. The largest absolute Gasteiger partial charge is 0.398 e. The highest BCUT2D eigenvalue weighted by Gasteiger charge is 2.15. The van der Waals surface area contributed by atoms with Gasteiger partial charge in [-0.25, -0.2) is 0 Å². The fraction of sp³-hybridized carbons (Fsp3) is 0.200. The average molecular weight is 286 g/mol. The maximum Gasteiger partial charge on any atom is 0.256 e. The van der Waals surface area contributed by atoms with E-state index < -0.39 is 5.91 Å². The number of likely N-dealkylation sites (N-methyl/N-ethyl adjacent to an activating group) is 1. The van der Waals surface area contributed by atoms with Gasteiger partial charge in [-0.3, -0.25) is 9.59 Å². The standard InChI is InChI=1S/C10H12BrN3O2/c1-14(5-9(13)15)10(16)7-3-2-6(11)4-8(7)12/h2-4H,5,12H2,1H3,(H2,13,15). The zero-order chi connectivity index (χ0) is 12.3. The molecule has 0 aromatic heterocycles. The predicted molar refractivity (Wildman–Crippen MR) is 64.7 cm³/mol. The van der Waals surface area contributed by atoms with Gasteiger partial charge in [-0.2, -0.15) is 0 Å². The Morgan fingerprint density at radius 2 is 2.06 bits per heavy atom. The number of nitrogens with two attached hydrogens (primary N) is 2. The highest BCUT2D eigenvalue weighted by molar-refractivity contribution is 9.10. The third-order valence-corrected chi connectivity index (χ3v) is 2.48. The number of carbonyl (C=O) groups is 2. The van der Waals surface area contributed by atoms with Crippen molar-refractivity contribution in [2.24, 2.45) is 5.73 Å². The topological polar surface area (TPSA) is 89.4 Å². The Balaban J connectivity index is 2.92. The van der Waals surface area contributed by atoms with Gasteiger partial charge < -0.3 is 16.4 Å². The summed E-state index contributed by atoms with van der Waals surface area (Å²) in [5.41, 5.74) is 11.4. The summed E-state index contributed by atoms with van der Waals surface area (Å²) in [5.74, 6) is -0.893. The number of benzene rings is 1. The van der Waals surface area contributed by atoms with Crippen molar-refractivity contribution in [1.29, 1.82) is 0 Å². The first-order valence-corrected chi connectivity index (χ1v) is 5.30. The van der Waals surface area contributed by atoms with Gasteiger partial charge in [0, 0.05) is 17.2 Å². The summed E-state index contributed by atoms with van der Waals surface area (Å²) in [6.45, 7) is -0.131. The van der Waals surface area contributed by atoms with Gasteiger partial charge in [-0.1, -0.05) is 15.9 Å². The van der Waals surface area contributed by atoms with Crippen LogP contribution in [0.5, 0.6) is 0 Å². The van der Waals surface area contributed by atoms with E-state index in [1.807, 2.05) is 0 Å². The molecule has 0 saturated heterocycles. The molecule has 0 aliphatic carbocycles. The maximum atomic E-state index is 11.8. The number of hydrogen-bond acceptors (Lipinski definition) is 3. The second-order valence-electron chi connectivity index (χ2n) is 3.36. The normalized spacial score (nSPS) is 9.88. The van der Waals surface area contributed by atoms with Crippen molar-refractivity contribution in [2.45, 2.75) is 0 Å². The second kappa shape index (κ2) is 4.98. The second-order valence-corrected chi connectivity index (χ2v) is 4.27. The molecule has 0 atom stereocenters. The van der Waals surface area contributed by atoms with E-state index in [-0.39, 0.29) is 12.5 Å². The van der Waals surface area contributed by atoms with Crippen LogP contribution in [0.15, 0.2) is 22.7 Å². The molecule has 0 fully saturated rings. The van der Waals surface area contributed by atoms with Crippen LogP contribution in [0.1, 0.15) is 10.4 Å². The monoisotopic (exact) mass is 285 g/mol. The first-order chi connectivity index (χ1) is 7.41. The van der Waals surface area contributed by atoms with Crippen molar-refractivity contribution in [3.05, 3.63) is 28.2 Å². The Labute approximate surface area is 102 Å². The fourth-order valence-corrected chi connectivity index (χ4v) is 1.62. The van der Waals surface area contributed by atoms with Gasteiger partial charge in [0.1, 0.15) is 0 Å². The Morgan fingerprint density at radius 1 is 1.44 bits per heavy atom. The molecule has 2 amide bonds. The van der Waals surface area contributed by atoms with Crippen LogP contribution < -0.4 is 11.5 Å². The predicted octanol–water partition coefficient (Wildman–Crippen LogP) is 0.589. The van der Waals surface area contributed by atoms with Gasteiger partial charge in [0.15, 0.2) is 0 Å². The fourth-order valence-electron chi connectivity index (χ4n) is 1.24. The summed E-state index contributed by atoms with van der Waals surface area (Å²) in [5, 5.41) is 0. The first kappa shape index (κ1) is 12.5. The van der Waals surface area contributed by atoms with Gasteiger partial charge in [-0.15, -0.1) is 0 Å². The number of anilines is 1. The number of primary amides is 1. The molecule has 5 nitrogen and oxygen atoms in total. The molecule has 0 saturated carbocycles. The first-order valence-electron chi connectivity index (χ1n) is 4.50. The number of rotatable bonds is 3. The van der Waals surface area contributed by atoms with Crippen molar-refractivity contribution >= 4 is 33.4 Å². The molecule has 6 heteroatoms. The molecule has 0 bridgehead atoms. The van der Waals surface area contributed by atoms with Gasteiger partial charge in [0.2, 0.25) is 5.91 Å². The molecule has 86 valence electrons. The summed E-state index contributed by atoms with van der Waals surface area (Å²) in [4.78, 5) is 23.7. The SMILES string of the molecule is CN(CC(N)=O)C(=O)c1ccc(Br)cc1N. The molecule has 1 rings (SSSR count). The van der Waals surface area contributed by atoms with E-state index in [2.05, 4.69) is 15.9 Å². The van der Waals surface area contributed by atoms with Gasteiger partial charge in [0.05, 0.1) is 12.1 Å². The van der Waals surface area contributed by atoms with Gasteiger partial charge in [-0.05, 0) is 18.2 Å². The molecule has 16 heavy (non-hydrogen) atoms. The molecule has 0 heterocycles. The van der Waals surface area contributed by atoms with Gasteiger partial charge >= 0.3 is 0 Å². The number of nitrogens with zero attached hydrogens (tertiary/aromatic N) is 1. The quantitative estimate of drug-likeness (QED) is 0.797. The maximum absolute atomic E-state index is 11.8. The highest BCUT2D eigenvalue weighted by atomic mass is 79.9. The summed E-state index contributed by atoms with van der Waals surface area (Å²) in [7, 11) is 1.49. The van der Waals surface area contributed by atoms with Crippen molar-refractivity contribution in [2.75, 3.05) is 19.3 Å². The Hall–Kier alpha value is -1.56. The van der Waals surface area contributed by atoms with Crippen LogP contribution in [-0.2, 0) is 4.79 Å². The van der Waals surface area contributed by atoms with Crippen LogP contribution in [0.3, 0.4) is 0 Å². The smallest absolute Gasteiger partial charge is 0.256 e. The minimum absolute atomic E-state index is 0.131. The van der Waals surface area contributed by atoms with Crippen LogP contribution in [0.25, 0.3) is 0 Å². The molecule has 0 aliphatic heterocycles. The lowest BCUT2D eigenvalue weighted by molar-refractivity contribution is -0.118. The lowest BCUT2D eigenvalue weighted by atomic mass is 10.1. The number of halogens is 1. The van der Waals surface area contributed by atoms with Crippen LogP contribution in [0.4, 0.5) is 5.69 Å². The van der Waals surface area contributed by atoms with E-state index in [9.17, 15) is 9.59 Å². The van der Waals surface area contributed by atoms with E-state index >= 15 is 0 Å². The minimum Gasteiger partial charge on any atom is -0.398 e. The number of amides is 2. The highest BCUT2D eigenvalue weighted by Crippen LogP contribution is 2.19. The van der Waals surface area contributed by atoms with Crippen molar-refractivity contribution in [3.8, 4) is 0 Å². The van der Waals surface area contributed by atoms with Crippen LogP contribution in [-0.4, -0.2) is 30.3 Å². The zero-order valence-electron chi connectivity index (χ0n) is 8.74. The van der Waals surface area contributed by atoms with Crippen molar-refractivity contribution in [3.63, 3.8) is 0 Å². The molecule has 0 aliphatic rings. The van der Waals surface area contributed by atoms with Crippen LogP contribution >= 0.6 is 15.9 Å². The number of nitrogen functional groups attached to an aromatic ring is 1. The Kier molecular flexibility index (Phi) is 3.89. The zero-order valence-corrected chi connectivity index (χ0v) is 10.3. The van der Waals surface area contributed by atoms with E-state index in [4.69, 9.17) is 11.5 Å². The average Bonchev–Trinajstić information content (AvgIpc) is 2.15. The molecular weight excluding hydrogens is 274 g/mol. The molecule has 1 aromatic carbocycles. The minimum atomic E-state index is -0.563. The van der Waals surface area contributed by atoms with E-state index in [1.54, 1.807) is 18.2 Å². The number of carbonyl (C=O) groups excluding carboxylic acids is 2. The summed E-state index contributed by atoms with van der Waals surface area (Å²) >= 11 is 3.24. The third kappa shape index (κ3) is 2.96. The van der Waals surface area contributed by atoms with Crippen molar-refractivity contribution in [1.82, 2.24) is 4.90 Å². The molecular formula is C10H12BrN3O2. The van der Waals surface area contributed by atoms with E-state index in [0.29, 0.717) is 11.3 Å². The Morgan fingerprint density at radius 3 is 2.56 bits per heavy atom.